The van der Waals surface area contributed by atoms with E-state index in [1.54, 1.807) is 13.2 Å². The number of aliphatic hydroxyl groups is 1. The summed E-state index contributed by atoms with van der Waals surface area (Å²) >= 11 is 2.44. The highest BCUT2D eigenvalue weighted by Crippen LogP contribution is 2.51. The number of hydrogen-bond donors (Lipinski definition) is 1. The Morgan fingerprint density at radius 3 is 2.25 bits per heavy atom. The average Bonchev–Trinajstić information content (AvgIpc) is 3.28. The molecule has 0 amide bonds. The van der Waals surface area contributed by atoms with Crippen LogP contribution in [0.4, 0.5) is 0 Å². The van der Waals surface area contributed by atoms with Crippen molar-refractivity contribution in [1.29, 1.82) is 0 Å². The minimum Gasteiger partial charge on any atom is -0.497 e. The van der Waals surface area contributed by atoms with Crippen LogP contribution in [-0.4, -0.2) is 68.6 Å². The van der Waals surface area contributed by atoms with Gasteiger partial charge in [0.25, 0.3) is 0 Å². The van der Waals surface area contributed by atoms with Crippen LogP contribution in [0, 0.1) is 11.8 Å². The first kappa shape index (κ1) is 43.9. The lowest BCUT2D eigenvalue weighted by molar-refractivity contribution is -0.137. The highest BCUT2D eigenvalue weighted by atomic mass is 127. The Morgan fingerprint density at radius 2 is 1.67 bits per heavy atom. The molecule has 0 saturated carbocycles. The van der Waals surface area contributed by atoms with Gasteiger partial charge in [0, 0.05) is 23.7 Å². The van der Waals surface area contributed by atoms with Crippen molar-refractivity contribution in [2.45, 2.75) is 142 Å². The molecule has 2 bridgehead atoms. The molecule has 1 saturated heterocycles. The highest BCUT2D eigenvalue weighted by molar-refractivity contribution is 14.1. The number of hydrogen-bond acceptors (Lipinski definition) is 7. The van der Waals surface area contributed by atoms with Crippen LogP contribution < -0.4 is 4.74 Å². The highest BCUT2D eigenvalue weighted by Gasteiger charge is 2.53. The number of rotatable bonds is 22. The van der Waals surface area contributed by atoms with Gasteiger partial charge in [-0.25, -0.2) is 4.79 Å². The van der Waals surface area contributed by atoms with Crippen molar-refractivity contribution in [1.82, 2.24) is 0 Å². The third-order valence-corrected chi connectivity index (χ3v) is 18.8. The monoisotopic (exact) mass is 838 g/mol. The summed E-state index contributed by atoms with van der Waals surface area (Å²) in [6, 6.07) is 7.89. The van der Waals surface area contributed by atoms with Crippen molar-refractivity contribution in [3.05, 3.63) is 64.8 Å². The Bertz CT molecular complexity index is 1300. The maximum Gasteiger partial charge on any atom is 0.331 e. The summed E-state index contributed by atoms with van der Waals surface area (Å²) in [5.74, 6) is 1.07. The summed E-state index contributed by atoms with van der Waals surface area (Å²) in [5.41, 5.74) is 5.55. The molecule has 1 unspecified atom stereocenters. The number of alkyl halides is 1. The minimum atomic E-state index is -2.02. The zero-order chi connectivity index (χ0) is 37.8. The Kier molecular flexibility index (Phi) is 17.9. The molecule has 1 aromatic carbocycles. The van der Waals surface area contributed by atoms with E-state index in [9.17, 15) is 9.90 Å². The molecule has 0 aromatic heterocycles. The second kappa shape index (κ2) is 20.8. The molecule has 7 nitrogen and oxygen atoms in total. The predicted octanol–water partition coefficient (Wildman–Crippen LogP) is 10.3. The summed E-state index contributed by atoms with van der Waals surface area (Å²) in [5, 5.41) is 11.8. The predicted molar refractivity (Wildman–Crippen MR) is 219 cm³/mol. The maximum atomic E-state index is 12.9. The average molecular weight is 839 g/mol. The van der Waals surface area contributed by atoms with Crippen LogP contribution in [0.25, 0.3) is 0 Å². The van der Waals surface area contributed by atoms with E-state index < -0.39 is 14.4 Å². The number of benzene rings is 1. The van der Waals surface area contributed by atoms with E-state index in [1.807, 2.05) is 37.3 Å². The van der Waals surface area contributed by atoms with Gasteiger partial charge in [-0.3, -0.25) is 0 Å². The normalized spacial score (nSPS) is 23.3. The molecule has 51 heavy (non-hydrogen) atoms. The first-order valence-corrected chi connectivity index (χ1v) is 22.9. The van der Waals surface area contributed by atoms with Crippen LogP contribution in [-0.2, 0) is 30.0 Å². The standard InChI is InChI=1S/C42H67IO7Si/c1-11-48-40(45)25-35(14-12-22-47-27-33-17-19-37(46-10)20-18-33)34(15-13-23-49-51(29(2)3,30(4)5)31(6)7)24-36(44)26-38-39-21-16-32(8)41(38)50-42(39,9)28-43/h16-20,24-25,29-31,36,38-39,41,44H,11-15,21-23,26-28H2,1-10H3/b34-24+,35-25+/t36-,38?,39+,41-,42-/m0/s1. The van der Waals surface area contributed by atoms with E-state index in [0.717, 1.165) is 46.1 Å². The number of fused-ring (bicyclic) bond motifs is 2. The van der Waals surface area contributed by atoms with Gasteiger partial charge in [-0.15, -0.1) is 0 Å². The minimum absolute atomic E-state index is 0.0296. The zero-order valence-corrected chi connectivity index (χ0v) is 36.3. The molecule has 5 atom stereocenters. The van der Waals surface area contributed by atoms with E-state index in [1.165, 1.54) is 5.57 Å². The van der Waals surface area contributed by atoms with Crippen LogP contribution >= 0.6 is 22.6 Å². The summed E-state index contributed by atoms with van der Waals surface area (Å²) < 4.78 is 31.2. The third kappa shape index (κ3) is 11.7. The molecule has 288 valence electrons. The largest absolute Gasteiger partial charge is 0.497 e. The zero-order valence-electron chi connectivity index (χ0n) is 33.1. The second-order valence-corrected chi connectivity index (χ2v) is 21.9. The van der Waals surface area contributed by atoms with Crippen LogP contribution in [0.3, 0.4) is 0 Å². The van der Waals surface area contributed by atoms with Crippen molar-refractivity contribution in [2.24, 2.45) is 11.8 Å². The number of ether oxygens (including phenoxy) is 4. The molecular weight excluding hydrogens is 771 g/mol. The quantitative estimate of drug-likeness (QED) is 0.0182. The Balaban J connectivity index is 1.83. The molecule has 1 fully saturated rings. The van der Waals surface area contributed by atoms with Crippen molar-refractivity contribution in [2.75, 3.05) is 31.4 Å². The Labute approximate surface area is 324 Å². The number of methoxy groups -OCH3 is 1. The lowest BCUT2D eigenvalue weighted by atomic mass is 9.72. The molecule has 3 rings (SSSR count). The van der Waals surface area contributed by atoms with E-state index in [0.29, 0.717) is 68.2 Å². The van der Waals surface area contributed by atoms with E-state index in [-0.39, 0.29) is 23.6 Å². The fraction of sp³-hybridized carbons (Fsp3) is 0.690. The van der Waals surface area contributed by atoms with E-state index in [2.05, 4.69) is 84.1 Å². The van der Waals surface area contributed by atoms with Gasteiger partial charge < -0.3 is 28.5 Å². The summed E-state index contributed by atoms with van der Waals surface area (Å²) in [4.78, 5) is 12.9. The van der Waals surface area contributed by atoms with Gasteiger partial charge >= 0.3 is 5.97 Å². The maximum absolute atomic E-state index is 12.9. The van der Waals surface area contributed by atoms with E-state index in [4.69, 9.17) is 23.4 Å². The van der Waals surface area contributed by atoms with Gasteiger partial charge in [0.1, 0.15) is 5.75 Å². The third-order valence-electron chi connectivity index (χ3n) is 11.2. The van der Waals surface area contributed by atoms with Gasteiger partial charge in [0.2, 0.25) is 0 Å². The molecule has 1 aliphatic heterocycles. The van der Waals surface area contributed by atoms with Crippen LogP contribution in [0.5, 0.6) is 5.75 Å². The number of carbonyl (C=O) groups excluding carboxylic acids is 1. The van der Waals surface area contributed by atoms with Crippen molar-refractivity contribution in [3.8, 4) is 5.75 Å². The van der Waals surface area contributed by atoms with Crippen molar-refractivity contribution in [3.63, 3.8) is 0 Å². The Hall–Kier alpha value is -1.50. The Morgan fingerprint density at radius 1 is 1.04 bits per heavy atom. The lowest BCUT2D eigenvalue weighted by Gasteiger charge is -2.42. The molecule has 1 aromatic rings. The number of carbonyl (C=O) groups is 1. The smallest absolute Gasteiger partial charge is 0.331 e. The molecule has 9 heteroatoms. The van der Waals surface area contributed by atoms with Gasteiger partial charge in [0.05, 0.1) is 38.1 Å². The van der Waals surface area contributed by atoms with Crippen molar-refractivity contribution < 1.29 is 33.3 Å². The van der Waals surface area contributed by atoms with Gasteiger partial charge in [-0.1, -0.05) is 88.4 Å². The fourth-order valence-corrected chi connectivity index (χ4v) is 14.9. The number of allylic oxidation sites excluding steroid dienone is 3. The SMILES string of the molecule is CCOC(=O)/C=C(CCCOCc1ccc(OC)cc1)/C(=C/[C@H](O)CC1[C@H]2CC=C(C)[C@@H]1O[C@@]2(C)CI)CCCO[Si](C(C)C)(C(C)C)C(C)C. The number of aliphatic hydroxyl groups excluding tert-OH is 1. The fourth-order valence-electron chi connectivity index (χ4n) is 8.70. The number of halogens is 1. The summed E-state index contributed by atoms with van der Waals surface area (Å²) in [6.45, 7) is 22.1. The molecule has 2 aliphatic rings. The van der Waals surface area contributed by atoms with Crippen LogP contribution in [0.2, 0.25) is 16.6 Å². The first-order chi connectivity index (χ1) is 24.2. The molecule has 0 radical (unpaired) electrons. The van der Waals surface area contributed by atoms with Gasteiger partial charge in [-0.2, -0.15) is 0 Å². The molecule has 0 spiro atoms. The van der Waals surface area contributed by atoms with E-state index >= 15 is 0 Å². The summed E-state index contributed by atoms with van der Waals surface area (Å²) in [6.07, 6.45) is 9.79. The molecular formula is C42H67IO7Si. The van der Waals surface area contributed by atoms with Crippen LogP contribution in [0.15, 0.2) is 59.2 Å². The van der Waals surface area contributed by atoms with Crippen LogP contribution in [0.1, 0.15) is 106 Å². The van der Waals surface area contributed by atoms with Gasteiger partial charge in [0.15, 0.2) is 8.32 Å². The topological polar surface area (TPSA) is 83.5 Å². The van der Waals surface area contributed by atoms with Gasteiger partial charge in [-0.05, 0) is 122 Å². The molecule has 1 heterocycles. The first-order valence-electron chi connectivity index (χ1n) is 19.2. The summed E-state index contributed by atoms with van der Waals surface area (Å²) in [7, 11) is -0.362. The van der Waals surface area contributed by atoms with Crippen molar-refractivity contribution >= 4 is 36.9 Å². The number of esters is 1. The lowest BCUT2D eigenvalue weighted by Crippen LogP contribution is -2.47. The second-order valence-electron chi connectivity index (χ2n) is 15.6. The molecule has 1 N–H and O–H groups in total. The molecule has 1 aliphatic carbocycles.